The number of aliphatic hydroxyl groups is 1. The highest BCUT2D eigenvalue weighted by Crippen LogP contribution is 2.37. The fourth-order valence-electron chi connectivity index (χ4n) is 2.56. The first-order valence-corrected chi connectivity index (χ1v) is 9.55. The second kappa shape index (κ2) is 9.16. The maximum Gasteiger partial charge on any atom is 0.164 e. The molecule has 1 aromatic carbocycles. The molecule has 1 rings (SSSR count). The third-order valence-corrected chi connectivity index (χ3v) is 4.36. The number of Topliss-reactive ketones (excluding diaryl/α,β-unsaturated/α-hetero) is 1. The van der Waals surface area contributed by atoms with E-state index in [2.05, 4.69) is 56.7 Å². The molecule has 0 saturated heterocycles. The molecule has 6 nitrogen and oxygen atoms in total. The van der Waals surface area contributed by atoms with Gasteiger partial charge in [-0.3, -0.25) is 4.79 Å². The van der Waals surface area contributed by atoms with E-state index in [1.807, 2.05) is 12.1 Å². The summed E-state index contributed by atoms with van der Waals surface area (Å²) >= 11 is 0. The molecule has 0 fully saturated rings. The molecule has 2 N–H and O–H groups in total. The summed E-state index contributed by atoms with van der Waals surface area (Å²) in [6.07, 6.45) is 2.76. The highest BCUT2D eigenvalue weighted by molar-refractivity contribution is 6.14. The highest BCUT2D eigenvalue weighted by atomic mass is 16.3. The van der Waals surface area contributed by atoms with Crippen LogP contribution in [0.4, 0.5) is 0 Å². The Morgan fingerprint density at radius 2 is 1.59 bits per heavy atom. The Bertz CT molecular complexity index is 889. The Morgan fingerprint density at radius 3 is 2.03 bits per heavy atom. The minimum atomic E-state index is -0.288. The van der Waals surface area contributed by atoms with Crippen LogP contribution in [0.2, 0.25) is 0 Å². The summed E-state index contributed by atoms with van der Waals surface area (Å²) in [7, 11) is 0. The lowest BCUT2D eigenvalue weighted by Gasteiger charge is -2.26. The first kappa shape index (κ1) is 24.3. The third kappa shape index (κ3) is 6.97. The summed E-state index contributed by atoms with van der Waals surface area (Å²) in [5, 5.41) is 28.3. The molecule has 0 unspecified atom stereocenters. The smallest absolute Gasteiger partial charge is 0.164 e. The van der Waals surface area contributed by atoms with E-state index in [1.165, 1.54) is 26.3 Å². The van der Waals surface area contributed by atoms with Crippen molar-refractivity contribution in [2.75, 3.05) is 0 Å². The number of carbonyl (C=O) groups excluding carboxylic acids is 1. The highest BCUT2D eigenvalue weighted by Gasteiger charge is 2.24. The van der Waals surface area contributed by atoms with Crippen molar-refractivity contribution in [2.24, 2.45) is 15.2 Å². The Morgan fingerprint density at radius 1 is 1.00 bits per heavy atom. The van der Waals surface area contributed by atoms with E-state index in [0.717, 1.165) is 11.1 Å². The van der Waals surface area contributed by atoms with Gasteiger partial charge in [-0.15, -0.1) is 5.10 Å². The van der Waals surface area contributed by atoms with E-state index in [1.54, 1.807) is 6.92 Å². The van der Waals surface area contributed by atoms with Gasteiger partial charge in [-0.2, -0.15) is 5.10 Å². The topological polar surface area (TPSA) is 94.6 Å². The molecule has 0 bridgehead atoms. The van der Waals surface area contributed by atoms with Gasteiger partial charge in [0.25, 0.3) is 0 Å². The fraction of sp³-hybridized carbons (Fsp3) is 0.478. The fourth-order valence-corrected chi connectivity index (χ4v) is 2.56. The average Bonchev–Trinajstić information content (AvgIpc) is 2.53. The van der Waals surface area contributed by atoms with Gasteiger partial charge in [0.15, 0.2) is 5.78 Å². The lowest BCUT2D eigenvalue weighted by atomic mass is 9.79. The Kier molecular flexibility index (Phi) is 7.67. The molecule has 0 spiro atoms. The first-order chi connectivity index (χ1) is 13.1. The number of allylic oxidation sites excluding steroid dienone is 2. The molecule has 0 aliphatic rings. The van der Waals surface area contributed by atoms with Crippen LogP contribution in [0.1, 0.15) is 79.0 Å². The number of aliphatic hydroxyl groups excluding tert-OH is 1. The predicted octanol–water partition coefficient (Wildman–Crippen LogP) is 5.23. The summed E-state index contributed by atoms with van der Waals surface area (Å²) in [5.74, 6) is 0.104. The first-order valence-electron chi connectivity index (χ1n) is 9.55. The molecule has 0 saturated carbocycles. The summed E-state index contributed by atoms with van der Waals surface area (Å²) in [4.78, 5) is 15.5. The van der Waals surface area contributed by atoms with Crippen molar-refractivity contribution < 1.29 is 15.0 Å². The maximum absolute atomic E-state index is 11.5. The van der Waals surface area contributed by atoms with E-state index in [4.69, 9.17) is 0 Å². The normalized spacial score (nSPS) is 14.6. The van der Waals surface area contributed by atoms with Gasteiger partial charge in [-0.25, -0.2) is 4.99 Å². The number of phenolic OH excluding ortho intramolecular Hbond substituents is 1. The monoisotopic (exact) mass is 399 g/mol. The van der Waals surface area contributed by atoms with E-state index < -0.39 is 0 Å². The number of nitrogens with zero attached hydrogens (tertiary/aromatic N) is 3. The zero-order valence-corrected chi connectivity index (χ0v) is 19.0. The van der Waals surface area contributed by atoms with E-state index in [0.29, 0.717) is 11.4 Å². The Hall–Kier alpha value is -2.76. The maximum atomic E-state index is 11.5. The SMILES string of the molecule is CC(=O)C(/C=N/C(C)=N/N=C/c1cc(C(C)(C)C)cc(C(C)(C)C)c1O)=C(\C)O. The van der Waals surface area contributed by atoms with Crippen molar-refractivity contribution in [1.82, 2.24) is 0 Å². The lowest BCUT2D eigenvalue weighted by Crippen LogP contribution is -2.17. The van der Waals surface area contributed by atoms with E-state index >= 15 is 0 Å². The van der Waals surface area contributed by atoms with Crippen LogP contribution < -0.4 is 0 Å². The number of rotatable bonds is 4. The Balaban J connectivity index is 3.29. The van der Waals surface area contributed by atoms with Crippen LogP contribution in [0.5, 0.6) is 5.75 Å². The standard InChI is InChI=1S/C23H33N3O3/c1-14(27)19(15(2)28)13-24-16(3)26-25-12-17-10-18(22(4,5)6)11-20(21(17)29)23(7,8)9/h10-13,27,29H,1-9H3/b19-14+,24-13+,25-12+,26-16+. The summed E-state index contributed by atoms with van der Waals surface area (Å²) in [6, 6.07) is 3.95. The van der Waals surface area contributed by atoms with Gasteiger partial charge in [0.05, 0.1) is 11.8 Å². The van der Waals surface area contributed by atoms with Gasteiger partial charge in [-0.1, -0.05) is 47.6 Å². The quantitative estimate of drug-likeness (QED) is 0.238. The van der Waals surface area contributed by atoms with E-state index in [-0.39, 0.29) is 33.7 Å². The summed E-state index contributed by atoms with van der Waals surface area (Å²) in [6.45, 7) is 16.9. The Labute approximate surface area is 173 Å². The molecule has 1 aromatic rings. The largest absolute Gasteiger partial charge is 0.512 e. The van der Waals surface area contributed by atoms with E-state index in [9.17, 15) is 15.0 Å². The van der Waals surface area contributed by atoms with Gasteiger partial charge in [0, 0.05) is 17.3 Å². The average molecular weight is 400 g/mol. The molecule has 0 aliphatic heterocycles. The van der Waals surface area contributed by atoms with Crippen molar-refractivity contribution in [3.05, 3.63) is 40.2 Å². The van der Waals surface area contributed by atoms with Gasteiger partial charge in [0.1, 0.15) is 17.3 Å². The zero-order valence-electron chi connectivity index (χ0n) is 19.0. The van der Waals surface area contributed by atoms with Crippen molar-refractivity contribution in [3.63, 3.8) is 0 Å². The van der Waals surface area contributed by atoms with Gasteiger partial charge in [-0.05, 0) is 43.2 Å². The van der Waals surface area contributed by atoms with Crippen LogP contribution in [-0.4, -0.2) is 34.3 Å². The molecule has 0 heterocycles. The molecule has 158 valence electrons. The number of hydrogen-bond donors (Lipinski definition) is 2. The second-order valence-corrected chi connectivity index (χ2v) is 9.17. The van der Waals surface area contributed by atoms with Crippen LogP contribution in [0.15, 0.2) is 38.7 Å². The van der Waals surface area contributed by atoms with Crippen molar-refractivity contribution >= 4 is 24.0 Å². The molecule has 29 heavy (non-hydrogen) atoms. The second-order valence-electron chi connectivity index (χ2n) is 9.17. The number of amidine groups is 1. The summed E-state index contributed by atoms with van der Waals surface area (Å²) < 4.78 is 0. The molecule has 0 atom stereocenters. The van der Waals surface area contributed by atoms with Crippen molar-refractivity contribution in [3.8, 4) is 5.75 Å². The van der Waals surface area contributed by atoms with Crippen LogP contribution in [0.3, 0.4) is 0 Å². The number of aromatic hydroxyl groups is 1. The minimum Gasteiger partial charge on any atom is -0.512 e. The van der Waals surface area contributed by atoms with Gasteiger partial charge >= 0.3 is 0 Å². The number of aliphatic imine (C=N–C) groups is 1. The minimum absolute atomic E-state index is 0.0860. The zero-order chi connectivity index (χ0) is 22.6. The molecule has 6 heteroatoms. The predicted molar refractivity (Wildman–Crippen MR) is 121 cm³/mol. The molecule has 0 amide bonds. The number of ketones is 1. The molecule has 0 aromatic heterocycles. The van der Waals surface area contributed by atoms with Crippen LogP contribution in [0.25, 0.3) is 0 Å². The molecular weight excluding hydrogens is 366 g/mol. The van der Waals surface area contributed by atoms with Gasteiger partial charge in [0.2, 0.25) is 0 Å². The number of phenols is 1. The van der Waals surface area contributed by atoms with Crippen molar-refractivity contribution in [2.45, 2.75) is 73.1 Å². The summed E-state index contributed by atoms with van der Waals surface area (Å²) in [5.41, 5.74) is 2.33. The number of hydrogen-bond acceptors (Lipinski definition) is 5. The molecule has 0 aliphatic carbocycles. The molecule has 0 radical (unpaired) electrons. The van der Waals surface area contributed by atoms with Crippen LogP contribution in [-0.2, 0) is 15.6 Å². The third-order valence-electron chi connectivity index (χ3n) is 4.36. The van der Waals surface area contributed by atoms with Crippen molar-refractivity contribution in [1.29, 1.82) is 0 Å². The van der Waals surface area contributed by atoms with Crippen LogP contribution in [0, 0.1) is 0 Å². The lowest BCUT2D eigenvalue weighted by molar-refractivity contribution is -0.113. The number of carbonyl (C=O) groups is 1. The van der Waals surface area contributed by atoms with Crippen LogP contribution >= 0.6 is 0 Å². The van der Waals surface area contributed by atoms with Gasteiger partial charge < -0.3 is 10.2 Å². The number of benzene rings is 1. The molecular formula is C23H33N3O3.